The van der Waals surface area contributed by atoms with Gasteiger partial charge in [0.25, 0.3) is 15.9 Å². The third kappa shape index (κ3) is 5.46. The van der Waals surface area contributed by atoms with Crippen molar-refractivity contribution >= 4 is 27.7 Å². The highest BCUT2D eigenvalue weighted by Gasteiger charge is 2.13. The Morgan fingerprint density at radius 3 is 2.36 bits per heavy atom. The van der Waals surface area contributed by atoms with Gasteiger partial charge in [0.15, 0.2) is 0 Å². The van der Waals surface area contributed by atoms with Gasteiger partial charge in [-0.3, -0.25) is 9.52 Å². The summed E-state index contributed by atoms with van der Waals surface area (Å²) in [5, 5.41) is 1.11. The molecule has 0 radical (unpaired) electrons. The molecule has 0 aliphatic rings. The first-order valence-electron chi connectivity index (χ1n) is 8.10. The molecule has 0 unspecified atom stereocenters. The van der Waals surface area contributed by atoms with E-state index in [2.05, 4.69) is 4.72 Å². The second-order valence-electron chi connectivity index (χ2n) is 5.42. The molecule has 0 saturated carbocycles. The average Bonchev–Trinajstić information content (AvgIpc) is 2.62. The molecule has 0 aliphatic carbocycles. The van der Waals surface area contributed by atoms with Gasteiger partial charge in [0.2, 0.25) is 0 Å². The quantitative estimate of drug-likeness (QED) is 0.823. The molecule has 0 aliphatic heterocycles. The summed E-state index contributed by atoms with van der Waals surface area (Å²) < 4.78 is 26.9. The highest BCUT2D eigenvalue weighted by Crippen LogP contribution is 2.15. The number of nitrogens with zero attached hydrogens (tertiary/aromatic N) is 1. The molecule has 0 fully saturated rings. The molecule has 0 aromatic heterocycles. The van der Waals surface area contributed by atoms with E-state index in [-0.39, 0.29) is 5.91 Å². The molecule has 1 amide bonds. The maximum absolute atomic E-state index is 12.4. The molecule has 2 aromatic carbocycles. The van der Waals surface area contributed by atoms with Crippen LogP contribution >= 0.6 is 0 Å². The van der Waals surface area contributed by atoms with Gasteiger partial charge in [0, 0.05) is 24.3 Å². The van der Waals surface area contributed by atoms with E-state index in [4.69, 9.17) is 0 Å². The van der Waals surface area contributed by atoms with Crippen LogP contribution in [0.3, 0.4) is 0 Å². The van der Waals surface area contributed by atoms with E-state index in [0.717, 1.165) is 11.0 Å². The maximum Gasteiger partial charge on any atom is 0.255 e. The fraction of sp³-hybridized carbons (Fsp3) is 0.211. The molecule has 0 spiro atoms. The van der Waals surface area contributed by atoms with E-state index in [1.54, 1.807) is 29.2 Å². The Balaban J connectivity index is 2.15. The summed E-state index contributed by atoms with van der Waals surface area (Å²) in [6.45, 7) is 5.01. The van der Waals surface area contributed by atoms with E-state index < -0.39 is 10.0 Å². The third-order valence-corrected chi connectivity index (χ3v) is 4.67. The number of carbonyl (C=O) groups excluding carboxylic acids is 1. The molecule has 2 aromatic rings. The Morgan fingerprint density at radius 1 is 1.04 bits per heavy atom. The van der Waals surface area contributed by atoms with E-state index in [0.29, 0.717) is 24.3 Å². The first-order chi connectivity index (χ1) is 11.9. The molecule has 2 rings (SSSR count). The van der Waals surface area contributed by atoms with Crippen molar-refractivity contribution in [1.29, 1.82) is 0 Å². The van der Waals surface area contributed by atoms with Gasteiger partial charge < -0.3 is 4.90 Å². The number of rotatable bonds is 7. The van der Waals surface area contributed by atoms with Gasteiger partial charge in [-0.25, -0.2) is 8.42 Å². The van der Waals surface area contributed by atoms with Crippen LogP contribution in [0.4, 0.5) is 5.69 Å². The molecule has 25 heavy (non-hydrogen) atoms. The highest BCUT2D eigenvalue weighted by atomic mass is 32.2. The van der Waals surface area contributed by atoms with Crippen LogP contribution in [0.1, 0.15) is 29.8 Å². The number of nitrogens with one attached hydrogen (secondary N) is 1. The largest absolute Gasteiger partial charge is 0.339 e. The average molecular weight is 358 g/mol. The monoisotopic (exact) mass is 358 g/mol. The molecule has 5 nitrogen and oxygen atoms in total. The van der Waals surface area contributed by atoms with Gasteiger partial charge in [0.1, 0.15) is 0 Å². The number of sulfonamides is 1. The Labute approximate surface area is 149 Å². The first kappa shape index (κ1) is 18.7. The summed E-state index contributed by atoms with van der Waals surface area (Å²) in [6.07, 6.45) is 1.52. The number of benzene rings is 2. The summed E-state index contributed by atoms with van der Waals surface area (Å²) >= 11 is 0. The number of hydrogen-bond donors (Lipinski definition) is 1. The standard InChI is InChI=1S/C19H22N2O3S/c1-3-21(4-2)19(22)17-11-8-12-18(15-17)20-25(23,24)14-13-16-9-6-5-7-10-16/h5-15,20H,3-4H2,1-2H3/b14-13+. The molecule has 0 atom stereocenters. The lowest BCUT2D eigenvalue weighted by Crippen LogP contribution is -2.30. The topological polar surface area (TPSA) is 66.5 Å². The third-order valence-electron chi connectivity index (χ3n) is 3.66. The van der Waals surface area contributed by atoms with Gasteiger partial charge in [-0.05, 0) is 43.7 Å². The predicted octanol–water partition coefficient (Wildman–Crippen LogP) is 3.58. The number of hydrogen-bond acceptors (Lipinski definition) is 3. The molecule has 1 N–H and O–H groups in total. The minimum absolute atomic E-state index is 0.120. The van der Waals surface area contributed by atoms with Crippen molar-refractivity contribution in [3.8, 4) is 0 Å². The number of amides is 1. The lowest BCUT2D eigenvalue weighted by Gasteiger charge is -2.19. The zero-order valence-corrected chi connectivity index (χ0v) is 15.2. The van der Waals surface area contributed by atoms with Crippen LogP contribution in [0.5, 0.6) is 0 Å². The van der Waals surface area contributed by atoms with Gasteiger partial charge in [-0.2, -0.15) is 0 Å². The Bertz CT molecular complexity index is 842. The van der Waals surface area contributed by atoms with Crippen molar-refractivity contribution in [1.82, 2.24) is 4.90 Å². The normalized spacial score (nSPS) is 11.4. The molecular formula is C19H22N2O3S. The van der Waals surface area contributed by atoms with E-state index in [9.17, 15) is 13.2 Å². The number of anilines is 1. The zero-order valence-electron chi connectivity index (χ0n) is 14.3. The molecule has 0 bridgehead atoms. The molecule has 0 heterocycles. The summed E-state index contributed by atoms with van der Waals surface area (Å²) in [7, 11) is -3.66. The van der Waals surface area contributed by atoms with Crippen LogP contribution < -0.4 is 4.72 Å². The van der Waals surface area contributed by atoms with Gasteiger partial charge >= 0.3 is 0 Å². The van der Waals surface area contributed by atoms with Crippen LogP contribution in [0.25, 0.3) is 6.08 Å². The Hall–Kier alpha value is -2.60. The van der Waals surface area contributed by atoms with Gasteiger partial charge in [-0.15, -0.1) is 0 Å². The second kappa shape index (κ2) is 8.48. The smallest absolute Gasteiger partial charge is 0.255 e. The highest BCUT2D eigenvalue weighted by molar-refractivity contribution is 7.95. The minimum Gasteiger partial charge on any atom is -0.339 e. The predicted molar refractivity (Wildman–Crippen MR) is 102 cm³/mol. The summed E-state index contributed by atoms with van der Waals surface area (Å²) in [4.78, 5) is 14.1. The van der Waals surface area contributed by atoms with Gasteiger partial charge in [0.05, 0.1) is 5.41 Å². The van der Waals surface area contributed by atoms with E-state index in [1.165, 1.54) is 6.08 Å². The van der Waals surface area contributed by atoms with Crippen LogP contribution in [0.15, 0.2) is 60.0 Å². The maximum atomic E-state index is 12.4. The van der Waals surface area contributed by atoms with Crippen molar-refractivity contribution < 1.29 is 13.2 Å². The fourth-order valence-corrected chi connectivity index (χ4v) is 3.20. The first-order valence-corrected chi connectivity index (χ1v) is 9.65. The summed E-state index contributed by atoms with van der Waals surface area (Å²) in [5.41, 5.74) is 1.60. The second-order valence-corrected chi connectivity index (χ2v) is 6.99. The van der Waals surface area contributed by atoms with Crippen molar-refractivity contribution in [2.24, 2.45) is 0 Å². The van der Waals surface area contributed by atoms with Crippen molar-refractivity contribution in [3.05, 3.63) is 71.1 Å². The van der Waals surface area contributed by atoms with E-state index >= 15 is 0 Å². The zero-order chi connectivity index (χ0) is 18.3. The summed E-state index contributed by atoms with van der Waals surface area (Å²) in [6, 6.07) is 15.7. The lowest BCUT2D eigenvalue weighted by atomic mass is 10.2. The minimum atomic E-state index is -3.66. The van der Waals surface area contributed by atoms with Crippen molar-refractivity contribution in [3.63, 3.8) is 0 Å². The summed E-state index contributed by atoms with van der Waals surface area (Å²) in [5.74, 6) is -0.120. The van der Waals surface area contributed by atoms with Crippen molar-refractivity contribution in [2.45, 2.75) is 13.8 Å². The fourth-order valence-electron chi connectivity index (χ4n) is 2.34. The molecule has 132 valence electrons. The van der Waals surface area contributed by atoms with Crippen LogP contribution in [0.2, 0.25) is 0 Å². The molecule has 6 heteroatoms. The van der Waals surface area contributed by atoms with Crippen LogP contribution in [-0.2, 0) is 10.0 Å². The van der Waals surface area contributed by atoms with Crippen LogP contribution in [-0.4, -0.2) is 32.3 Å². The molecule has 0 saturated heterocycles. The molecular weight excluding hydrogens is 336 g/mol. The van der Waals surface area contributed by atoms with Crippen molar-refractivity contribution in [2.75, 3.05) is 17.8 Å². The van der Waals surface area contributed by atoms with E-state index in [1.807, 2.05) is 44.2 Å². The van der Waals surface area contributed by atoms with Crippen LogP contribution in [0, 0.1) is 0 Å². The lowest BCUT2D eigenvalue weighted by molar-refractivity contribution is 0.0773. The number of carbonyl (C=O) groups is 1. The Morgan fingerprint density at radius 2 is 1.72 bits per heavy atom. The SMILES string of the molecule is CCN(CC)C(=O)c1cccc(NS(=O)(=O)/C=C/c2ccccc2)c1. The Kier molecular flexibility index (Phi) is 6.36. The van der Waals surface area contributed by atoms with Gasteiger partial charge in [-0.1, -0.05) is 36.4 Å².